The summed E-state index contributed by atoms with van der Waals surface area (Å²) in [6.07, 6.45) is 2.08. The zero-order chi connectivity index (χ0) is 12.5. The van der Waals surface area contributed by atoms with E-state index in [1.54, 1.807) is 0 Å². The number of aryl methyl sites for hydroxylation is 1. The van der Waals surface area contributed by atoms with Crippen LogP contribution in [0.1, 0.15) is 23.7 Å². The Morgan fingerprint density at radius 2 is 1.67 bits per heavy atom. The fourth-order valence-electron chi connectivity index (χ4n) is 2.35. The van der Waals surface area contributed by atoms with Crippen LogP contribution >= 0.6 is 0 Å². The van der Waals surface area contributed by atoms with E-state index >= 15 is 0 Å². The average Bonchev–Trinajstić information content (AvgIpc) is 2.39. The first-order valence-corrected chi connectivity index (χ1v) is 6.13. The van der Waals surface area contributed by atoms with Crippen LogP contribution in [0.5, 0.6) is 5.75 Å². The van der Waals surface area contributed by atoms with Gasteiger partial charge in [-0.15, -0.1) is 0 Å². The zero-order valence-corrected chi connectivity index (χ0v) is 10.1. The molecule has 2 aromatic rings. The summed E-state index contributed by atoms with van der Waals surface area (Å²) in [6.45, 7) is 0. The van der Waals surface area contributed by atoms with Crippen LogP contribution in [0.25, 0.3) is 0 Å². The zero-order valence-electron chi connectivity index (χ0n) is 10.1. The summed E-state index contributed by atoms with van der Waals surface area (Å²) in [5, 5.41) is 0. The fourth-order valence-corrected chi connectivity index (χ4v) is 2.35. The predicted octanol–water partition coefficient (Wildman–Crippen LogP) is 2.92. The molecule has 1 heterocycles. The van der Waals surface area contributed by atoms with Crippen LogP contribution in [0.15, 0.2) is 42.5 Å². The molecule has 3 heteroatoms. The minimum absolute atomic E-state index is 0.113. The molecule has 92 valence electrons. The number of nitrogens with two attached hydrogens (primary N) is 2. The monoisotopic (exact) mass is 240 g/mol. The number of hydrogen-bond donors (Lipinski definition) is 2. The Morgan fingerprint density at radius 1 is 0.944 bits per heavy atom. The van der Waals surface area contributed by atoms with Crippen molar-refractivity contribution in [2.45, 2.75) is 18.9 Å². The molecule has 0 amide bonds. The summed E-state index contributed by atoms with van der Waals surface area (Å²) >= 11 is 0. The molecule has 1 unspecified atom stereocenters. The van der Waals surface area contributed by atoms with Gasteiger partial charge in [0, 0.05) is 11.4 Å². The molecule has 0 saturated carbocycles. The highest BCUT2D eigenvalue weighted by atomic mass is 16.5. The SMILES string of the molecule is Nc1ccc(C2CCc3cc(N)ccc3O2)cc1. The number of benzene rings is 2. The van der Waals surface area contributed by atoms with Gasteiger partial charge in [0.15, 0.2) is 0 Å². The van der Waals surface area contributed by atoms with E-state index in [2.05, 4.69) is 0 Å². The van der Waals surface area contributed by atoms with Crippen LogP contribution in [0.4, 0.5) is 11.4 Å². The Bertz CT molecular complexity index is 563. The van der Waals surface area contributed by atoms with E-state index in [0.29, 0.717) is 0 Å². The van der Waals surface area contributed by atoms with Crippen molar-refractivity contribution in [2.75, 3.05) is 11.5 Å². The van der Waals surface area contributed by atoms with Crippen molar-refractivity contribution < 1.29 is 4.74 Å². The first-order chi connectivity index (χ1) is 8.72. The maximum absolute atomic E-state index is 6.02. The Balaban J connectivity index is 1.86. The second-order valence-corrected chi connectivity index (χ2v) is 4.68. The number of nitrogen functional groups attached to an aromatic ring is 2. The highest BCUT2D eigenvalue weighted by Crippen LogP contribution is 2.35. The lowest BCUT2D eigenvalue weighted by atomic mass is 9.97. The molecule has 0 radical (unpaired) electrons. The van der Waals surface area contributed by atoms with Gasteiger partial charge in [0.2, 0.25) is 0 Å². The summed E-state index contributed by atoms with van der Waals surface area (Å²) in [5.74, 6) is 0.942. The standard InChI is InChI=1S/C15H16N2O/c16-12-4-1-10(2-5-12)14-7-3-11-9-13(17)6-8-15(11)18-14/h1-2,4-6,8-9,14H,3,7,16-17H2. The lowest BCUT2D eigenvalue weighted by Crippen LogP contribution is -2.15. The second kappa shape index (κ2) is 4.26. The topological polar surface area (TPSA) is 61.3 Å². The molecule has 4 N–H and O–H groups in total. The number of rotatable bonds is 1. The quantitative estimate of drug-likeness (QED) is 0.753. The molecule has 1 atom stereocenters. The third kappa shape index (κ3) is 1.99. The molecular weight excluding hydrogens is 224 g/mol. The molecule has 2 aromatic carbocycles. The van der Waals surface area contributed by atoms with Crippen LogP contribution < -0.4 is 16.2 Å². The maximum Gasteiger partial charge on any atom is 0.124 e. The van der Waals surface area contributed by atoms with Gasteiger partial charge in [0.1, 0.15) is 11.9 Å². The van der Waals surface area contributed by atoms with E-state index in [1.807, 2.05) is 42.5 Å². The number of hydrogen-bond acceptors (Lipinski definition) is 3. The van der Waals surface area contributed by atoms with E-state index in [1.165, 1.54) is 11.1 Å². The molecule has 0 aromatic heterocycles. The third-order valence-electron chi connectivity index (χ3n) is 3.34. The Morgan fingerprint density at radius 3 is 2.44 bits per heavy atom. The number of anilines is 2. The lowest BCUT2D eigenvalue weighted by Gasteiger charge is -2.26. The summed E-state index contributed by atoms with van der Waals surface area (Å²) in [7, 11) is 0. The van der Waals surface area contributed by atoms with Gasteiger partial charge in [-0.25, -0.2) is 0 Å². The Hall–Kier alpha value is -2.16. The van der Waals surface area contributed by atoms with Gasteiger partial charge in [-0.3, -0.25) is 0 Å². The molecule has 1 aliphatic rings. The van der Waals surface area contributed by atoms with Crippen molar-refractivity contribution in [3.8, 4) is 5.75 Å². The van der Waals surface area contributed by atoms with Crippen LogP contribution in [0.2, 0.25) is 0 Å². The molecule has 3 nitrogen and oxygen atoms in total. The van der Waals surface area contributed by atoms with Crippen molar-refractivity contribution >= 4 is 11.4 Å². The van der Waals surface area contributed by atoms with Gasteiger partial charge >= 0.3 is 0 Å². The van der Waals surface area contributed by atoms with Crippen molar-refractivity contribution in [3.63, 3.8) is 0 Å². The first kappa shape index (κ1) is 11.0. The largest absolute Gasteiger partial charge is 0.485 e. The Kier molecular flexibility index (Phi) is 2.59. The molecule has 18 heavy (non-hydrogen) atoms. The van der Waals surface area contributed by atoms with Crippen molar-refractivity contribution in [2.24, 2.45) is 0 Å². The summed E-state index contributed by atoms with van der Waals surface area (Å²) in [5.41, 5.74) is 15.4. The maximum atomic E-state index is 6.02. The number of fused-ring (bicyclic) bond motifs is 1. The predicted molar refractivity (Wildman–Crippen MR) is 73.4 cm³/mol. The summed E-state index contributed by atoms with van der Waals surface area (Å²) in [6, 6.07) is 13.7. The van der Waals surface area contributed by atoms with Gasteiger partial charge in [-0.05, 0) is 54.3 Å². The van der Waals surface area contributed by atoms with Crippen molar-refractivity contribution in [1.29, 1.82) is 0 Å². The van der Waals surface area contributed by atoms with Crippen molar-refractivity contribution in [3.05, 3.63) is 53.6 Å². The molecule has 0 bridgehead atoms. The average molecular weight is 240 g/mol. The van der Waals surface area contributed by atoms with Crippen LogP contribution in [-0.2, 0) is 6.42 Å². The minimum Gasteiger partial charge on any atom is -0.485 e. The first-order valence-electron chi connectivity index (χ1n) is 6.13. The molecule has 1 aliphatic heterocycles. The molecule has 0 saturated heterocycles. The van der Waals surface area contributed by atoms with Gasteiger partial charge in [0.05, 0.1) is 0 Å². The van der Waals surface area contributed by atoms with E-state index < -0.39 is 0 Å². The third-order valence-corrected chi connectivity index (χ3v) is 3.34. The van der Waals surface area contributed by atoms with Gasteiger partial charge in [-0.2, -0.15) is 0 Å². The van der Waals surface area contributed by atoms with Crippen molar-refractivity contribution in [1.82, 2.24) is 0 Å². The van der Waals surface area contributed by atoms with E-state index in [-0.39, 0.29) is 6.10 Å². The van der Waals surface area contributed by atoms with E-state index in [4.69, 9.17) is 16.2 Å². The van der Waals surface area contributed by atoms with Crippen LogP contribution in [0.3, 0.4) is 0 Å². The van der Waals surface area contributed by atoms with Crippen LogP contribution in [-0.4, -0.2) is 0 Å². The van der Waals surface area contributed by atoms with E-state index in [0.717, 1.165) is 30.0 Å². The summed E-state index contributed by atoms with van der Waals surface area (Å²) < 4.78 is 6.02. The highest BCUT2D eigenvalue weighted by molar-refractivity contribution is 5.49. The normalized spacial score (nSPS) is 17.9. The lowest BCUT2D eigenvalue weighted by molar-refractivity contribution is 0.177. The van der Waals surface area contributed by atoms with Gasteiger partial charge in [-0.1, -0.05) is 12.1 Å². The molecular formula is C15H16N2O. The molecule has 0 aliphatic carbocycles. The smallest absolute Gasteiger partial charge is 0.124 e. The highest BCUT2D eigenvalue weighted by Gasteiger charge is 2.21. The second-order valence-electron chi connectivity index (χ2n) is 4.68. The molecule has 0 fully saturated rings. The van der Waals surface area contributed by atoms with Gasteiger partial charge < -0.3 is 16.2 Å². The van der Waals surface area contributed by atoms with Crippen LogP contribution in [0, 0.1) is 0 Å². The molecule has 3 rings (SSSR count). The fraction of sp³-hybridized carbons (Fsp3) is 0.200. The molecule has 0 spiro atoms. The summed E-state index contributed by atoms with van der Waals surface area (Å²) in [4.78, 5) is 0. The van der Waals surface area contributed by atoms with Gasteiger partial charge in [0.25, 0.3) is 0 Å². The van der Waals surface area contributed by atoms with E-state index in [9.17, 15) is 0 Å². The number of ether oxygens (including phenoxy) is 1. The Labute approximate surface area is 106 Å². The minimum atomic E-state index is 0.113.